The lowest BCUT2D eigenvalue weighted by Crippen LogP contribution is -1.99. The zero-order chi connectivity index (χ0) is 25.5. The minimum atomic E-state index is 0.122. The first kappa shape index (κ1) is 26.7. The van der Waals surface area contributed by atoms with Crippen LogP contribution in [0.4, 0.5) is 0 Å². The van der Waals surface area contributed by atoms with Crippen molar-refractivity contribution < 1.29 is 9.47 Å². The zero-order valence-corrected chi connectivity index (χ0v) is 20.2. The molecule has 0 saturated heterocycles. The number of hydrogen-bond donors (Lipinski definition) is 0. The molecule has 0 heterocycles. The van der Waals surface area contributed by atoms with Crippen LogP contribution in [0.25, 0.3) is 11.1 Å². The molecular weight excluding hydrogens is 436 g/mol. The Morgan fingerprint density at radius 1 is 0.543 bits per heavy atom. The first-order valence-electron chi connectivity index (χ1n) is 11.5. The lowest BCUT2D eigenvalue weighted by molar-refractivity contribution is 0.293. The Hall–Kier alpha value is -4.52. The van der Waals surface area contributed by atoms with Gasteiger partial charge in [0.05, 0.1) is 13.2 Å². The number of hydrogen-bond acceptors (Lipinski definition) is 6. The van der Waals surface area contributed by atoms with Crippen LogP contribution in [0.5, 0.6) is 11.5 Å². The molecule has 0 atom stereocenters. The summed E-state index contributed by atoms with van der Waals surface area (Å²) in [6.45, 7) is 4.82. The van der Waals surface area contributed by atoms with Gasteiger partial charge in [-0.1, -0.05) is 43.5 Å². The first-order valence-corrected chi connectivity index (χ1v) is 11.5. The Labute approximate surface area is 207 Å². The van der Waals surface area contributed by atoms with Crippen molar-refractivity contribution in [1.82, 2.24) is 0 Å². The highest BCUT2D eigenvalue weighted by Crippen LogP contribution is 2.22. The molecule has 6 nitrogen and oxygen atoms in total. The van der Waals surface area contributed by atoms with E-state index in [0.717, 1.165) is 54.7 Å². The molecule has 0 aliphatic carbocycles. The minimum absolute atomic E-state index is 0.122. The van der Waals surface area contributed by atoms with E-state index in [0.29, 0.717) is 24.4 Å². The third-order valence-electron chi connectivity index (χ3n) is 5.60. The molecule has 176 valence electrons. The fraction of sp³-hybridized carbons (Fsp3) is 0.310. The molecule has 6 heteroatoms. The maximum atomic E-state index is 8.97. The molecule has 0 aliphatic rings. The van der Waals surface area contributed by atoms with E-state index in [9.17, 15) is 0 Å². The van der Waals surface area contributed by atoms with Crippen molar-refractivity contribution in [2.24, 2.45) is 0 Å². The monoisotopic (exact) mass is 464 g/mol. The Morgan fingerprint density at radius 2 is 0.857 bits per heavy atom. The van der Waals surface area contributed by atoms with Crippen LogP contribution in [0, 0.1) is 45.3 Å². The van der Waals surface area contributed by atoms with Gasteiger partial charge in [-0.25, -0.2) is 0 Å². The molecule has 2 rings (SSSR count). The van der Waals surface area contributed by atoms with E-state index >= 15 is 0 Å². The van der Waals surface area contributed by atoms with Crippen LogP contribution < -0.4 is 9.47 Å². The van der Waals surface area contributed by atoms with Crippen molar-refractivity contribution in [3.05, 3.63) is 70.8 Å². The number of rotatable bonds is 12. The van der Waals surface area contributed by atoms with E-state index in [1.165, 1.54) is 0 Å². The van der Waals surface area contributed by atoms with E-state index in [1.807, 2.05) is 72.8 Å². The van der Waals surface area contributed by atoms with Crippen LogP contribution in [-0.2, 0) is 0 Å². The molecule has 2 aromatic rings. The summed E-state index contributed by atoms with van der Waals surface area (Å²) in [5, 5.41) is 35.9. The largest absolute Gasteiger partial charge is 0.494 e. The predicted molar refractivity (Wildman–Crippen MR) is 135 cm³/mol. The third kappa shape index (κ3) is 8.40. The highest BCUT2D eigenvalue weighted by molar-refractivity contribution is 5.74. The van der Waals surface area contributed by atoms with Crippen molar-refractivity contribution in [3.63, 3.8) is 0 Å². The van der Waals surface area contributed by atoms with Gasteiger partial charge < -0.3 is 9.47 Å². The van der Waals surface area contributed by atoms with Crippen LogP contribution in [0.2, 0.25) is 0 Å². The maximum Gasteiger partial charge on any atom is 0.133 e. The second-order valence-corrected chi connectivity index (χ2v) is 7.96. The molecule has 0 aromatic heterocycles. The SMILES string of the molecule is CC(=C(C#N)C#N)c1ccc(OCCCCCCCOc2ccc(C(C)=C(C#N)C#N)cc2)cc1. The summed E-state index contributed by atoms with van der Waals surface area (Å²) in [6, 6.07) is 22.5. The summed E-state index contributed by atoms with van der Waals surface area (Å²) in [5.41, 5.74) is 3.26. The van der Waals surface area contributed by atoms with E-state index in [2.05, 4.69) is 0 Å². The van der Waals surface area contributed by atoms with E-state index in [4.69, 9.17) is 30.5 Å². The molecule has 0 bridgehead atoms. The summed E-state index contributed by atoms with van der Waals surface area (Å²) in [5.74, 6) is 1.55. The lowest BCUT2D eigenvalue weighted by Gasteiger charge is -2.09. The van der Waals surface area contributed by atoms with Crippen molar-refractivity contribution >= 4 is 11.1 Å². The normalized spacial score (nSPS) is 9.54. The molecule has 0 spiro atoms. The van der Waals surface area contributed by atoms with Gasteiger partial charge in [-0.2, -0.15) is 21.0 Å². The van der Waals surface area contributed by atoms with Gasteiger partial charge in [0.1, 0.15) is 46.9 Å². The van der Waals surface area contributed by atoms with Crippen LogP contribution in [0.1, 0.15) is 57.1 Å². The number of ether oxygens (including phenoxy) is 2. The third-order valence-corrected chi connectivity index (χ3v) is 5.60. The van der Waals surface area contributed by atoms with Gasteiger partial charge in [0.15, 0.2) is 0 Å². The molecule has 0 aliphatic heterocycles. The lowest BCUT2D eigenvalue weighted by atomic mass is 10.0. The highest BCUT2D eigenvalue weighted by Gasteiger charge is 2.05. The van der Waals surface area contributed by atoms with Crippen LogP contribution in [0.15, 0.2) is 59.7 Å². The average Bonchev–Trinajstić information content (AvgIpc) is 2.89. The van der Waals surface area contributed by atoms with E-state index in [-0.39, 0.29) is 11.1 Å². The van der Waals surface area contributed by atoms with Crippen LogP contribution in [0.3, 0.4) is 0 Å². The first-order chi connectivity index (χ1) is 17.0. The Bertz CT molecular complexity index is 1080. The number of unbranched alkanes of at least 4 members (excludes halogenated alkanes) is 4. The van der Waals surface area contributed by atoms with Crippen molar-refractivity contribution in [2.75, 3.05) is 13.2 Å². The van der Waals surface area contributed by atoms with Gasteiger partial charge in [0.25, 0.3) is 0 Å². The fourth-order valence-corrected chi connectivity index (χ4v) is 3.39. The molecule has 0 saturated carbocycles. The van der Waals surface area contributed by atoms with Crippen molar-refractivity contribution in [1.29, 1.82) is 21.0 Å². The molecule has 35 heavy (non-hydrogen) atoms. The summed E-state index contributed by atoms with van der Waals surface area (Å²) >= 11 is 0. The molecule has 0 amide bonds. The fourth-order valence-electron chi connectivity index (χ4n) is 3.39. The molecule has 0 radical (unpaired) electrons. The van der Waals surface area contributed by atoms with E-state index < -0.39 is 0 Å². The predicted octanol–water partition coefficient (Wildman–Crippen LogP) is 6.74. The second kappa shape index (κ2) is 14.6. The van der Waals surface area contributed by atoms with Crippen molar-refractivity contribution in [2.45, 2.75) is 46.0 Å². The number of nitriles is 4. The number of nitrogens with zero attached hydrogens (tertiary/aromatic N) is 4. The molecule has 0 fully saturated rings. The van der Waals surface area contributed by atoms with Crippen molar-refractivity contribution in [3.8, 4) is 35.8 Å². The van der Waals surface area contributed by atoms with E-state index in [1.54, 1.807) is 13.8 Å². The van der Waals surface area contributed by atoms with Gasteiger partial charge in [0, 0.05) is 0 Å². The number of allylic oxidation sites excluding steroid dienone is 4. The second-order valence-electron chi connectivity index (χ2n) is 7.96. The quantitative estimate of drug-likeness (QED) is 0.254. The summed E-state index contributed by atoms with van der Waals surface area (Å²) in [6.07, 6.45) is 5.20. The number of benzene rings is 2. The average molecular weight is 465 g/mol. The van der Waals surface area contributed by atoms with Crippen LogP contribution >= 0.6 is 0 Å². The standard InChI is InChI=1S/C29H28N4O2/c1-22(26(18-30)19-31)24-8-12-28(13-9-24)34-16-6-4-3-5-7-17-35-29-14-10-25(11-15-29)23(2)27(20-32)21-33/h8-15H,3-7,16-17H2,1-2H3. The Morgan fingerprint density at radius 3 is 1.17 bits per heavy atom. The van der Waals surface area contributed by atoms with Gasteiger partial charge >= 0.3 is 0 Å². The summed E-state index contributed by atoms with van der Waals surface area (Å²) in [4.78, 5) is 0. The topological polar surface area (TPSA) is 114 Å². The highest BCUT2D eigenvalue weighted by atomic mass is 16.5. The Kier molecular flexibility index (Phi) is 11.1. The minimum Gasteiger partial charge on any atom is -0.494 e. The maximum absolute atomic E-state index is 8.97. The molecular formula is C29H28N4O2. The molecule has 0 N–H and O–H groups in total. The van der Waals surface area contributed by atoms with Gasteiger partial charge in [-0.15, -0.1) is 0 Å². The molecule has 2 aromatic carbocycles. The zero-order valence-electron chi connectivity index (χ0n) is 20.2. The molecule has 0 unspecified atom stereocenters. The summed E-state index contributed by atoms with van der Waals surface area (Å²) < 4.78 is 11.6. The van der Waals surface area contributed by atoms with Gasteiger partial charge in [-0.3, -0.25) is 0 Å². The van der Waals surface area contributed by atoms with Gasteiger partial charge in [0.2, 0.25) is 0 Å². The summed E-state index contributed by atoms with van der Waals surface area (Å²) in [7, 11) is 0. The van der Waals surface area contributed by atoms with Gasteiger partial charge in [-0.05, 0) is 73.2 Å². The van der Waals surface area contributed by atoms with Crippen LogP contribution in [-0.4, -0.2) is 13.2 Å². The Balaban J connectivity index is 1.61. The smallest absolute Gasteiger partial charge is 0.133 e.